The molecule has 19 heavy (non-hydrogen) atoms. The summed E-state index contributed by atoms with van der Waals surface area (Å²) in [6.07, 6.45) is 1.65. The number of pyridine rings is 1. The number of hydrogen-bond acceptors (Lipinski definition) is 4. The van der Waals surface area contributed by atoms with Gasteiger partial charge in [-0.3, -0.25) is 0 Å². The molecule has 1 N–H and O–H groups in total. The molecule has 0 amide bonds. The van der Waals surface area contributed by atoms with Crippen LogP contribution < -0.4 is 5.32 Å². The number of hydrogen-bond donors (Lipinski definition) is 1. The molecule has 0 saturated heterocycles. The van der Waals surface area contributed by atoms with Crippen molar-refractivity contribution in [3.05, 3.63) is 59.8 Å². The Bertz CT molecular complexity index is 541. The lowest BCUT2D eigenvalue weighted by Gasteiger charge is -2.10. The average molecular weight is 256 g/mol. The second-order valence-corrected chi connectivity index (χ2v) is 3.96. The molecule has 0 unspecified atom stereocenters. The summed E-state index contributed by atoms with van der Waals surface area (Å²) in [5, 5.41) is 3.16. The van der Waals surface area contributed by atoms with Gasteiger partial charge in [-0.1, -0.05) is 30.3 Å². The van der Waals surface area contributed by atoms with Gasteiger partial charge in [0, 0.05) is 12.7 Å². The molecule has 98 valence electrons. The van der Waals surface area contributed by atoms with Crippen molar-refractivity contribution in [2.24, 2.45) is 0 Å². The normalized spacial score (nSPS) is 9.95. The summed E-state index contributed by atoms with van der Waals surface area (Å²) in [4.78, 5) is 16.0. The van der Waals surface area contributed by atoms with Crippen molar-refractivity contribution >= 4 is 11.8 Å². The van der Waals surface area contributed by atoms with Gasteiger partial charge < -0.3 is 10.1 Å². The highest BCUT2D eigenvalue weighted by molar-refractivity contribution is 5.94. The van der Waals surface area contributed by atoms with E-state index in [2.05, 4.69) is 10.3 Å². The van der Waals surface area contributed by atoms with E-state index >= 15 is 0 Å². The Morgan fingerprint density at radius 3 is 2.74 bits per heavy atom. The number of benzene rings is 1. The van der Waals surface area contributed by atoms with E-state index in [-0.39, 0.29) is 5.97 Å². The summed E-state index contributed by atoms with van der Waals surface area (Å²) in [6, 6.07) is 13.4. The Morgan fingerprint density at radius 1 is 1.21 bits per heavy atom. The molecule has 4 nitrogen and oxygen atoms in total. The van der Waals surface area contributed by atoms with E-state index in [1.807, 2.05) is 30.3 Å². The zero-order valence-corrected chi connectivity index (χ0v) is 10.8. The average Bonchev–Trinajstić information content (AvgIpc) is 2.47. The summed E-state index contributed by atoms with van der Waals surface area (Å²) < 4.78 is 5.00. The molecule has 0 aliphatic rings. The van der Waals surface area contributed by atoms with Gasteiger partial charge in [-0.15, -0.1) is 0 Å². The minimum Gasteiger partial charge on any atom is -0.462 e. The number of aromatic nitrogens is 1. The van der Waals surface area contributed by atoms with Crippen LogP contribution in [0.2, 0.25) is 0 Å². The predicted octanol–water partition coefficient (Wildman–Crippen LogP) is 2.87. The Hall–Kier alpha value is -2.36. The number of nitrogens with one attached hydrogen (secondary N) is 1. The SMILES string of the molecule is CCOC(=O)c1cccnc1NCc1ccccc1. The summed E-state index contributed by atoms with van der Waals surface area (Å²) in [5.74, 6) is 0.191. The van der Waals surface area contributed by atoms with E-state index in [9.17, 15) is 4.79 Å². The van der Waals surface area contributed by atoms with Gasteiger partial charge in [-0.05, 0) is 24.6 Å². The van der Waals surface area contributed by atoms with Crippen LogP contribution in [0.15, 0.2) is 48.7 Å². The monoisotopic (exact) mass is 256 g/mol. The number of anilines is 1. The van der Waals surface area contributed by atoms with Crippen molar-refractivity contribution in [2.75, 3.05) is 11.9 Å². The van der Waals surface area contributed by atoms with Gasteiger partial charge in [-0.2, -0.15) is 0 Å². The molecule has 0 spiro atoms. The van der Waals surface area contributed by atoms with Gasteiger partial charge in [-0.25, -0.2) is 9.78 Å². The third-order valence-corrected chi connectivity index (χ3v) is 2.61. The molecule has 1 aromatic heterocycles. The van der Waals surface area contributed by atoms with Crippen LogP contribution in [0, 0.1) is 0 Å². The maximum atomic E-state index is 11.8. The van der Waals surface area contributed by atoms with E-state index in [0.717, 1.165) is 5.56 Å². The van der Waals surface area contributed by atoms with Crippen LogP contribution in [0.5, 0.6) is 0 Å². The van der Waals surface area contributed by atoms with Gasteiger partial charge >= 0.3 is 5.97 Å². The van der Waals surface area contributed by atoms with Crippen molar-refractivity contribution in [2.45, 2.75) is 13.5 Å². The molecule has 0 radical (unpaired) electrons. The summed E-state index contributed by atoms with van der Waals surface area (Å²) in [7, 11) is 0. The number of carbonyl (C=O) groups excluding carboxylic acids is 1. The van der Waals surface area contributed by atoms with E-state index < -0.39 is 0 Å². The second-order valence-electron chi connectivity index (χ2n) is 3.96. The Morgan fingerprint density at radius 2 is 2.00 bits per heavy atom. The number of carbonyl (C=O) groups is 1. The van der Waals surface area contributed by atoms with E-state index in [0.29, 0.717) is 24.5 Å². The quantitative estimate of drug-likeness (QED) is 0.836. The van der Waals surface area contributed by atoms with E-state index in [1.165, 1.54) is 0 Å². The summed E-state index contributed by atoms with van der Waals surface area (Å²) in [5.41, 5.74) is 1.59. The van der Waals surface area contributed by atoms with Crippen LogP contribution in [-0.2, 0) is 11.3 Å². The van der Waals surface area contributed by atoms with Crippen molar-refractivity contribution in [3.8, 4) is 0 Å². The lowest BCUT2D eigenvalue weighted by Crippen LogP contribution is -2.11. The first-order valence-electron chi connectivity index (χ1n) is 6.21. The lowest BCUT2D eigenvalue weighted by atomic mass is 10.2. The number of rotatable bonds is 5. The molecule has 0 saturated carbocycles. The van der Waals surface area contributed by atoms with Gasteiger partial charge in [0.05, 0.1) is 6.61 Å². The molecule has 0 fully saturated rings. The molecule has 1 aromatic carbocycles. The smallest absolute Gasteiger partial charge is 0.341 e. The molecule has 2 aromatic rings. The fourth-order valence-corrected chi connectivity index (χ4v) is 1.70. The van der Waals surface area contributed by atoms with Crippen LogP contribution in [0.25, 0.3) is 0 Å². The van der Waals surface area contributed by atoms with Gasteiger partial charge in [0.25, 0.3) is 0 Å². The number of ether oxygens (including phenoxy) is 1. The molecular weight excluding hydrogens is 240 g/mol. The fourth-order valence-electron chi connectivity index (χ4n) is 1.70. The van der Waals surface area contributed by atoms with Crippen LogP contribution in [-0.4, -0.2) is 17.6 Å². The molecule has 0 bridgehead atoms. The highest BCUT2D eigenvalue weighted by atomic mass is 16.5. The topological polar surface area (TPSA) is 51.2 Å². The third-order valence-electron chi connectivity index (χ3n) is 2.61. The predicted molar refractivity (Wildman–Crippen MR) is 74.0 cm³/mol. The van der Waals surface area contributed by atoms with Crippen LogP contribution in [0.4, 0.5) is 5.82 Å². The summed E-state index contributed by atoms with van der Waals surface area (Å²) >= 11 is 0. The van der Waals surface area contributed by atoms with Crippen LogP contribution in [0.3, 0.4) is 0 Å². The lowest BCUT2D eigenvalue weighted by molar-refractivity contribution is 0.0527. The van der Waals surface area contributed by atoms with Crippen LogP contribution >= 0.6 is 0 Å². The highest BCUT2D eigenvalue weighted by Crippen LogP contribution is 2.14. The number of esters is 1. The first kappa shape index (κ1) is 13.1. The van der Waals surface area contributed by atoms with Gasteiger partial charge in [0.1, 0.15) is 11.4 Å². The van der Waals surface area contributed by atoms with Gasteiger partial charge in [0.2, 0.25) is 0 Å². The van der Waals surface area contributed by atoms with Crippen molar-refractivity contribution in [1.82, 2.24) is 4.98 Å². The zero-order chi connectivity index (χ0) is 13.5. The molecule has 1 heterocycles. The molecule has 0 aliphatic heterocycles. The minimum atomic E-state index is -0.355. The standard InChI is InChI=1S/C15H16N2O2/c1-2-19-15(18)13-9-6-10-16-14(13)17-11-12-7-4-3-5-8-12/h3-10H,2,11H2,1H3,(H,16,17). The van der Waals surface area contributed by atoms with Crippen molar-refractivity contribution < 1.29 is 9.53 Å². The third kappa shape index (κ3) is 3.55. The zero-order valence-electron chi connectivity index (χ0n) is 10.8. The van der Waals surface area contributed by atoms with Gasteiger partial charge in [0.15, 0.2) is 0 Å². The fraction of sp³-hybridized carbons (Fsp3) is 0.200. The summed E-state index contributed by atoms with van der Waals surface area (Å²) in [6.45, 7) is 2.75. The molecule has 2 rings (SSSR count). The van der Waals surface area contributed by atoms with E-state index in [1.54, 1.807) is 25.3 Å². The first-order chi connectivity index (χ1) is 9.31. The molecular formula is C15H16N2O2. The van der Waals surface area contributed by atoms with Crippen molar-refractivity contribution in [1.29, 1.82) is 0 Å². The minimum absolute atomic E-state index is 0.353. The Balaban J connectivity index is 2.10. The molecule has 4 heteroatoms. The van der Waals surface area contributed by atoms with Crippen molar-refractivity contribution in [3.63, 3.8) is 0 Å². The maximum Gasteiger partial charge on any atom is 0.341 e. The molecule has 0 atom stereocenters. The Labute approximate surface area is 112 Å². The first-order valence-corrected chi connectivity index (χ1v) is 6.21. The highest BCUT2D eigenvalue weighted by Gasteiger charge is 2.12. The second kappa shape index (κ2) is 6.54. The Kier molecular flexibility index (Phi) is 4.50. The molecule has 0 aliphatic carbocycles. The number of nitrogens with zero attached hydrogens (tertiary/aromatic N) is 1. The largest absolute Gasteiger partial charge is 0.462 e. The van der Waals surface area contributed by atoms with Crippen LogP contribution in [0.1, 0.15) is 22.8 Å². The van der Waals surface area contributed by atoms with E-state index in [4.69, 9.17) is 4.74 Å². The maximum absolute atomic E-state index is 11.8.